The van der Waals surface area contributed by atoms with Gasteiger partial charge in [0.05, 0.1) is 11.1 Å². The molecule has 1 N–H and O–H groups in total. The third-order valence-electron chi connectivity index (χ3n) is 4.86. The molecule has 0 aliphatic carbocycles. The summed E-state index contributed by atoms with van der Waals surface area (Å²) in [5.41, 5.74) is 4.14. The number of rotatable bonds is 10. The molecule has 0 aromatic heterocycles. The Hall–Kier alpha value is -2.37. The first kappa shape index (κ1) is 22.3. The SMILES string of the molecule is CCOc1cc(CNCCc2ccccc2F)cc(Br)c1OCc1ccccc1C. The van der Waals surface area contributed by atoms with Crippen LogP contribution < -0.4 is 14.8 Å². The molecule has 30 heavy (non-hydrogen) atoms. The van der Waals surface area contributed by atoms with Crippen LogP contribution in [0.15, 0.2) is 65.1 Å². The molecule has 3 aromatic carbocycles. The Balaban J connectivity index is 1.63. The van der Waals surface area contributed by atoms with Gasteiger partial charge in [-0.15, -0.1) is 0 Å². The summed E-state index contributed by atoms with van der Waals surface area (Å²) in [5.74, 6) is 1.26. The molecule has 0 aliphatic heterocycles. The highest BCUT2D eigenvalue weighted by molar-refractivity contribution is 9.10. The summed E-state index contributed by atoms with van der Waals surface area (Å²) in [4.78, 5) is 0. The smallest absolute Gasteiger partial charge is 0.175 e. The first-order chi connectivity index (χ1) is 14.6. The van der Waals surface area contributed by atoms with E-state index < -0.39 is 0 Å². The minimum Gasteiger partial charge on any atom is -0.490 e. The molecule has 0 saturated heterocycles. The maximum Gasteiger partial charge on any atom is 0.175 e. The van der Waals surface area contributed by atoms with E-state index in [1.54, 1.807) is 6.07 Å². The molecule has 0 atom stereocenters. The average molecular weight is 472 g/mol. The first-order valence-electron chi connectivity index (χ1n) is 10.1. The van der Waals surface area contributed by atoms with Crippen LogP contribution in [0.2, 0.25) is 0 Å². The second-order valence-corrected chi connectivity index (χ2v) is 7.93. The van der Waals surface area contributed by atoms with Crippen LogP contribution in [0.4, 0.5) is 4.39 Å². The Morgan fingerprint density at radius 1 is 0.967 bits per heavy atom. The van der Waals surface area contributed by atoms with Crippen molar-refractivity contribution < 1.29 is 13.9 Å². The molecule has 0 heterocycles. The van der Waals surface area contributed by atoms with Gasteiger partial charge in [0, 0.05) is 6.54 Å². The Morgan fingerprint density at radius 2 is 1.70 bits per heavy atom. The number of aryl methyl sites for hydroxylation is 1. The van der Waals surface area contributed by atoms with Crippen LogP contribution in [0.5, 0.6) is 11.5 Å². The number of hydrogen-bond donors (Lipinski definition) is 1. The number of hydrogen-bond acceptors (Lipinski definition) is 3. The first-order valence-corrected chi connectivity index (χ1v) is 10.9. The molecule has 0 radical (unpaired) electrons. The van der Waals surface area contributed by atoms with Crippen molar-refractivity contribution in [1.82, 2.24) is 5.32 Å². The van der Waals surface area contributed by atoms with Crippen LogP contribution in [0, 0.1) is 12.7 Å². The van der Waals surface area contributed by atoms with Gasteiger partial charge in [-0.2, -0.15) is 0 Å². The lowest BCUT2D eigenvalue weighted by Crippen LogP contribution is -2.17. The van der Waals surface area contributed by atoms with E-state index in [0.29, 0.717) is 44.2 Å². The van der Waals surface area contributed by atoms with Crippen LogP contribution in [0.25, 0.3) is 0 Å². The Labute approximate surface area is 186 Å². The lowest BCUT2D eigenvalue weighted by molar-refractivity contribution is 0.267. The summed E-state index contributed by atoms with van der Waals surface area (Å²) < 4.78 is 26.5. The van der Waals surface area contributed by atoms with Crippen molar-refractivity contribution in [3.05, 3.63) is 93.2 Å². The summed E-state index contributed by atoms with van der Waals surface area (Å²) in [6.07, 6.45) is 0.643. The van der Waals surface area contributed by atoms with Gasteiger partial charge in [-0.3, -0.25) is 0 Å². The van der Waals surface area contributed by atoms with Crippen LogP contribution in [0.3, 0.4) is 0 Å². The normalized spacial score (nSPS) is 10.8. The van der Waals surface area contributed by atoms with Crippen LogP contribution >= 0.6 is 15.9 Å². The minimum absolute atomic E-state index is 0.157. The molecular weight excluding hydrogens is 445 g/mol. The largest absolute Gasteiger partial charge is 0.490 e. The molecule has 0 bridgehead atoms. The molecule has 3 nitrogen and oxygen atoms in total. The Bertz CT molecular complexity index is 977. The van der Waals surface area contributed by atoms with Gasteiger partial charge in [0.25, 0.3) is 0 Å². The van der Waals surface area contributed by atoms with Crippen LogP contribution in [0.1, 0.15) is 29.2 Å². The van der Waals surface area contributed by atoms with E-state index in [4.69, 9.17) is 9.47 Å². The van der Waals surface area contributed by atoms with E-state index in [1.165, 1.54) is 11.6 Å². The quantitative estimate of drug-likeness (QED) is 0.356. The number of ether oxygens (including phenoxy) is 2. The second-order valence-electron chi connectivity index (χ2n) is 7.07. The predicted octanol–water partition coefficient (Wildman–Crippen LogP) is 6.21. The average Bonchev–Trinajstić information content (AvgIpc) is 2.73. The van der Waals surface area contributed by atoms with Gasteiger partial charge in [-0.25, -0.2) is 4.39 Å². The highest BCUT2D eigenvalue weighted by Gasteiger charge is 2.13. The molecule has 0 spiro atoms. The Morgan fingerprint density at radius 3 is 2.43 bits per heavy atom. The number of benzene rings is 3. The molecule has 0 fully saturated rings. The van der Waals surface area contributed by atoms with Gasteiger partial charge >= 0.3 is 0 Å². The molecule has 3 aromatic rings. The van der Waals surface area contributed by atoms with Gasteiger partial charge in [-0.05, 0) is 83.2 Å². The molecule has 0 unspecified atom stereocenters. The van der Waals surface area contributed by atoms with Crippen LogP contribution in [-0.4, -0.2) is 13.2 Å². The van der Waals surface area contributed by atoms with Gasteiger partial charge in [-0.1, -0.05) is 42.5 Å². The van der Waals surface area contributed by atoms with E-state index in [0.717, 1.165) is 21.2 Å². The maximum absolute atomic E-state index is 13.7. The van der Waals surface area contributed by atoms with Crippen molar-refractivity contribution in [3.63, 3.8) is 0 Å². The van der Waals surface area contributed by atoms with E-state index in [2.05, 4.69) is 40.3 Å². The fourth-order valence-corrected chi connectivity index (χ4v) is 3.81. The zero-order valence-electron chi connectivity index (χ0n) is 17.4. The highest BCUT2D eigenvalue weighted by atomic mass is 79.9. The van der Waals surface area contributed by atoms with E-state index >= 15 is 0 Å². The van der Waals surface area contributed by atoms with E-state index in [-0.39, 0.29) is 5.82 Å². The van der Waals surface area contributed by atoms with Crippen molar-refractivity contribution in [3.8, 4) is 11.5 Å². The topological polar surface area (TPSA) is 30.5 Å². The summed E-state index contributed by atoms with van der Waals surface area (Å²) in [6.45, 7) is 6.41. The monoisotopic (exact) mass is 471 g/mol. The molecule has 3 rings (SSSR count). The summed E-state index contributed by atoms with van der Waals surface area (Å²) in [6, 6.07) is 19.1. The fourth-order valence-electron chi connectivity index (χ4n) is 3.21. The summed E-state index contributed by atoms with van der Waals surface area (Å²) in [7, 11) is 0. The minimum atomic E-state index is -0.157. The van der Waals surface area contributed by atoms with Crippen molar-refractivity contribution in [2.45, 2.75) is 33.4 Å². The highest BCUT2D eigenvalue weighted by Crippen LogP contribution is 2.37. The maximum atomic E-state index is 13.7. The lowest BCUT2D eigenvalue weighted by atomic mass is 10.1. The summed E-state index contributed by atoms with van der Waals surface area (Å²) >= 11 is 3.63. The van der Waals surface area contributed by atoms with Gasteiger partial charge in [0.15, 0.2) is 11.5 Å². The second kappa shape index (κ2) is 11.1. The number of nitrogens with one attached hydrogen (secondary N) is 1. The lowest BCUT2D eigenvalue weighted by Gasteiger charge is -2.16. The molecule has 0 saturated carbocycles. The predicted molar refractivity (Wildman–Crippen MR) is 123 cm³/mol. The van der Waals surface area contributed by atoms with Crippen molar-refractivity contribution in [2.75, 3.05) is 13.2 Å². The van der Waals surface area contributed by atoms with Crippen molar-refractivity contribution in [2.24, 2.45) is 0 Å². The van der Waals surface area contributed by atoms with Crippen LogP contribution in [-0.2, 0) is 19.6 Å². The third-order valence-corrected chi connectivity index (χ3v) is 5.45. The van der Waals surface area contributed by atoms with E-state index in [1.807, 2.05) is 43.3 Å². The van der Waals surface area contributed by atoms with Crippen molar-refractivity contribution >= 4 is 15.9 Å². The molecule has 0 amide bonds. The Kier molecular flexibility index (Phi) is 8.29. The zero-order valence-corrected chi connectivity index (χ0v) is 19.0. The zero-order chi connectivity index (χ0) is 21.3. The molecular formula is C25H27BrFNO2. The van der Waals surface area contributed by atoms with Crippen molar-refractivity contribution in [1.29, 1.82) is 0 Å². The molecule has 5 heteroatoms. The number of halogens is 2. The molecule has 158 valence electrons. The van der Waals surface area contributed by atoms with Gasteiger partial charge in [0.1, 0.15) is 12.4 Å². The van der Waals surface area contributed by atoms with E-state index in [9.17, 15) is 4.39 Å². The third kappa shape index (κ3) is 6.07. The van der Waals surface area contributed by atoms with Gasteiger partial charge in [0.2, 0.25) is 0 Å². The standard InChI is InChI=1S/C25H27BrFNO2/c1-3-29-24-15-19(16-28-13-12-20-9-6-7-11-23(20)27)14-22(26)25(24)30-17-21-10-5-4-8-18(21)2/h4-11,14-15,28H,3,12-13,16-17H2,1-2H3. The fraction of sp³-hybridized carbons (Fsp3) is 0.280. The van der Waals surface area contributed by atoms with Gasteiger partial charge < -0.3 is 14.8 Å². The summed E-state index contributed by atoms with van der Waals surface area (Å²) in [5, 5.41) is 3.37. The molecule has 0 aliphatic rings.